The summed E-state index contributed by atoms with van der Waals surface area (Å²) in [5, 5.41) is 14.5. The van der Waals surface area contributed by atoms with Crippen molar-refractivity contribution in [3.05, 3.63) is 36.0 Å². The van der Waals surface area contributed by atoms with Crippen molar-refractivity contribution in [2.24, 2.45) is 0 Å². The van der Waals surface area contributed by atoms with Crippen LogP contribution in [-0.2, 0) is 0 Å². The van der Waals surface area contributed by atoms with Crippen molar-refractivity contribution in [2.75, 3.05) is 5.32 Å². The number of nitrogens with one attached hydrogen (secondary N) is 1. The minimum absolute atomic E-state index is 0.0991. The van der Waals surface area contributed by atoms with Gasteiger partial charge in [0.25, 0.3) is 0 Å². The molecule has 2 N–H and O–H groups in total. The molecule has 0 aliphatic heterocycles. The average molecular weight is 270 g/mol. The molecule has 1 heterocycles. The van der Waals surface area contributed by atoms with Crippen LogP contribution in [0.15, 0.2) is 30.3 Å². The second-order valence-corrected chi connectivity index (χ2v) is 5.36. The number of carboxylic acid groups (broad SMARTS) is 1. The van der Waals surface area contributed by atoms with Crippen LogP contribution in [-0.4, -0.2) is 22.1 Å². The van der Waals surface area contributed by atoms with Crippen molar-refractivity contribution < 1.29 is 9.90 Å². The second kappa shape index (κ2) is 5.49. The number of aromatic carboxylic acids is 1. The molecule has 0 atom stereocenters. The molecule has 3 rings (SSSR count). The minimum atomic E-state index is -0.984. The summed E-state index contributed by atoms with van der Waals surface area (Å²) in [6.45, 7) is 0. The van der Waals surface area contributed by atoms with Crippen LogP contribution in [0, 0.1) is 0 Å². The van der Waals surface area contributed by atoms with Gasteiger partial charge in [0.05, 0.1) is 0 Å². The smallest absolute Gasteiger partial charge is 0.354 e. The molecule has 104 valence electrons. The van der Waals surface area contributed by atoms with E-state index < -0.39 is 5.97 Å². The van der Waals surface area contributed by atoms with E-state index in [0.29, 0.717) is 11.9 Å². The van der Waals surface area contributed by atoms with Gasteiger partial charge < -0.3 is 10.4 Å². The molecule has 0 radical (unpaired) electrons. The predicted molar refractivity (Wildman–Crippen MR) is 79.2 cm³/mol. The lowest BCUT2D eigenvalue weighted by molar-refractivity contribution is 0.0691. The molecule has 4 heteroatoms. The summed E-state index contributed by atoms with van der Waals surface area (Å²) in [6, 6.07) is 9.82. The molecule has 1 saturated carbocycles. The van der Waals surface area contributed by atoms with Crippen LogP contribution < -0.4 is 5.32 Å². The van der Waals surface area contributed by atoms with Gasteiger partial charge in [-0.15, -0.1) is 0 Å². The van der Waals surface area contributed by atoms with E-state index in [0.717, 1.165) is 23.6 Å². The van der Waals surface area contributed by atoms with Crippen LogP contribution in [0.1, 0.15) is 42.6 Å². The largest absolute Gasteiger partial charge is 0.477 e. The minimum Gasteiger partial charge on any atom is -0.477 e. The fourth-order valence-corrected chi connectivity index (χ4v) is 2.86. The topological polar surface area (TPSA) is 62.2 Å². The zero-order chi connectivity index (χ0) is 13.9. The Morgan fingerprint density at radius 3 is 2.70 bits per heavy atom. The molecule has 0 unspecified atom stereocenters. The van der Waals surface area contributed by atoms with Crippen LogP contribution in [0.5, 0.6) is 0 Å². The first-order valence-corrected chi connectivity index (χ1v) is 7.13. The van der Waals surface area contributed by atoms with Crippen molar-refractivity contribution >= 4 is 22.6 Å². The van der Waals surface area contributed by atoms with Crippen LogP contribution in [0.25, 0.3) is 10.8 Å². The highest BCUT2D eigenvalue weighted by molar-refractivity contribution is 5.97. The number of nitrogens with zero attached hydrogens (tertiary/aromatic N) is 1. The fourth-order valence-electron chi connectivity index (χ4n) is 2.86. The van der Waals surface area contributed by atoms with Crippen molar-refractivity contribution in [3.8, 4) is 0 Å². The third kappa shape index (κ3) is 2.59. The number of rotatable bonds is 3. The Morgan fingerprint density at radius 2 is 1.95 bits per heavy atom. The third-order valence-electron chi connectivity index (χ3n) is 3.91. The van der Waals surface area contributed by atoms with Crippen molar-refractivity contribution in [1.82, 2.24) is 4.98 Å². The first kappa shape index (κ1) is 12.9. The summed E-state index contributed by atoms with van der Waals surface area (Å²) in [5.74, 6) is -0.283. The fraction of sp³-hybridized carbons (Fsp3) is 0.375. The molecule has 20 heavy (non-hydrogen) atoms. The monoisotopic (exact) mass is 270 g/mol. The first-order valence-electron chi connectivity index (χ1n) is 7.13. The van der Waals surface area contributed by atoms with E-state index in [1.54, 1.807) is 6.07 Å². The molecule has 1 aliphatic carbocycles. The number of anilines is 1. The van der Waals surface area contributed by atoms with E-state index in [2.05, 4.69) is 10.3 Å². The van der Waals surface area contributed by atoms with Gasteiger partial charge in [-0.2, -0.15) is 0 Å². The van der Waals surface area contributed by atoms with E-state index in [1.165, 1.54) is 19.3 Å². The molecule has 0 amide bonds. The zero-order valence-corrected chi connectivity index (χ0v) is 11.3. The summed E-state index contributed by atoms with van der Waals surface area (Å²) in [6.07, 6.45) is 6.02. The Hall–Kier alpha value is -2.10. The normalized spacial score (nSPS) is 16.2. The SMILES string of the molecule is O=C(O)c1cc2ccccc2c(NC2CCCCC2)n1. The summed E-state index contributed by atoms with van der Waals surface area (Å²) < 4.78 is 0. The lowest BCUT2D eigenvalue weighted by Gasteiger charge is -2.24. The average Bonchev–Trinajstić information content (AvgIpc) is 2.48. The molecule has 2 aromatic rings. The number of aromatic nitrogens is 1. The quantitative estimate of drug-likeness (QED) is 0.893. The van der Waals surface area contributed by atoms with Gasteiger partial charge in [0, 0.05) is 11.4 Å². The van der Waals surface area contributed by atoms with Gasteiger partial charge in [0.15, 0.2) is 5.69 Å². The highest BCUT2D eigenvalue weighted by Gasteiger charge is 2.16. The number of hydrogen-bond donors (Lipinski definition) is 2. The molecule has 0 saturated heterocycles. The lowest BCUT2D eigenvalue weighted by atomic mass is 9.95. The number of carbonyl (C=O) groups is 1. The maximum atomic E-state index is 11.2. The van der Waals surface area contributed by atoms with Gasteiger partial charge in [0.1, 0.15) is 5.82 Å². The zero-order valence-electron chi connectivity index (χ0n) is 11.3. The van der Waals surface area contributed by atoms with Crippen LogP contribution >= 0.6 is 0 Å². The first-order chi connectivity index (χ1) is 9.74. The summed E-state index contributed by atoms with van der Waals surface area (Å²) in [4.78, 5) is 15.5. The van der Waals surface area contributed by atoms with Crippen LogP contribution in [0.2, 0.25) is 0 Å². The van der Waals surface area contributed by atoms with Crippen molar-refractivity contribution in [2.45, 2.75) is 38.1 Å². The maximum absolute atomic E-state index is 11.2. The van der Waals surface area contributed by atoms with E-state index in [9.17, 15) is 9.90 Å². The standard InChI is InChI=1S/C16H18N2O2/c19-16(20)14-10-11-6-4-5-9-13(11)15(18-14)17-12-7-2-1-3-8-12/h4-6,9-10,12H,1-3,7-8H2,(H,17,18)(H,19,20). The number of hydrogen-bond acceptors (Lipinski definition) is 3. The molecule has 1 aromatic heterocycles. The third-order valence-corrected chi connectivity index (χ3v) is 3.91. The second-order valence-electron chi connectivity index (χ2n) is 5.36. The van der Waals surface area contributed by atoms with Crippen molar-refractivity contribution in [1.29, 1.82) is 0 Å². The summed E-state index contributed by atoms with van der Waals surface area (Å²) in [7, 11) is 0. The Morgan fingerprint density at radius 1 is 1.20 bits per heavy atom. The Balaban J connectivity index is 2.00. The Labute approximate surface area is 117 Å². The predicted octanol–water partition coefficient (Wildman–Crippen LogP) is 3.68. The Bertz CT molecular complexity index is 633. The van der Waals surface area contributed by atoms with E-state index in [-0.39, 0.29) is 5.69 Å². The molecule has 1 aliphatic rings. The number of pyridine rings is 1. The molecular formula is C16H18N2O2. The van der Waals surface area contributed by atoms with Crippen LogP contribution in [0.3, 0.4) is 0 Å². The molecule has 0 bridgehead atoms. The van der Waals surface area contributed by atoms with E-state index >= 15 is 0 Å². The number of benzene rings is 1. The van der Waals surface area contributed by atoms with Gasteiger partial charge in [-0.3, -0.25) is 0 Å². The van der Waals surface area contributed by atoms with Gasteiger partial charge in [-0.1, -0.05) is 43.5 Å². The lowest BCUT2D eigenvalue weighted by Crippen LogP contribution is -2.23. The maximum Gasteiger partial charge on any atom is 0.354 e. The van der Waals surface area contributed by atoms with Gasteiger partial charge in [-0.05, 0) is 24.3 Å². The summed E-state index contributed by atoms with van der Waals surface area (Å²) in [5.41, 5.74) is 0.0991. The van der Waals surface area contributed by atoms with Crippen LogP contribution in [0.4, 0.5) is 5.82 Å². The summed E-state index contributed by atoms with van der Waals surface area (Å²) >= 11 is 0. The highest BCUT2D eigenvalue weighted by Crippen LogP contribution is 2.26. The van der Waals surface area contributed by atoms with Gasteiger partial charge >= 0.3 is 5.97 Å². The van der Waals surface area contributed by atoms with Gasteiger partial charge in [0.2, 0.25) is 0 Å². The highest BCUT2D eigenvalue weighted by atomic mass is 16.4. The van der Waals surface area contributed by atoms with E-state index in [4.69, 9.17) is 0 Å². The number of fused-ring (bicyclic) bond motifs is 1. The molecule has 1 aromatic carbocycles. The molecule has 1 fully saturated rings. The van der Waals surface area contributed by atoms with Crippen molar-refractivity contribution in [3.63, 3.8) is 0 Å². The van der Waals surface area contributed by atoms with Gasteiger partial charge in [-0.25, -0.2) is 9.78 Å². The molecule has 4 nitrogen and oxygen atoms in total. The molecule has 0 spiro atoms. The van der Waals surface area contributed by atoms with E-state index in [1.807, 2.05) is 24.3 Å². The molecular weight excluding hydrogens is 252 g/mol. The number of carboxylic acids is 1. The Kier molecular flexibility index (Phi) is 3.54.